The number of oxime groups is 1. The summed E-state index contributed by atoms with van der Waals surface area (Å²) < 4.78 is 38.3. The zero-order valence-corrected chi connectivity index (χ0v) is 20.6. The zero-order valence-electron chi connectivity index (χ0n) is 19.7. The van der Waals surface area contributed by atoms with Crippen LogP contribution in [0.4, 0.5) is 5.69 Å². The second-order valence-electron chi connectivity index (χ2n) is 7.97. The van der Waals surface area contributed by atoms with E-state index >= 15 is 0 Å². The number of carbonyl (C=O) groups is 1. The van der Waals surface area contributed by atoms with Gasteiger partial charge in [-0.15, -0.1) is 0 Å². The number of nitrogens with zero attached hydrogens (tertiary/aromatic N) is 2. The van der Waals surface area contributed by atoms with Gasteiger partial charge >= 0.3 is 0 Å². The van der Waals surface area contributed by atoms with Gasteiger partial charge in [0, 0.05) is 24.3 Å². The third kappa shape index (κ3) is 6.48. The third-order valence-electron chi connectivity index (χ3n) is 5.53. The number of hydrogen-bond acceptors (Lipinski definition) is 7. The molecule has 184 valence electrons. The SMILES string of the molecule is COc1ccc(/C=N/OCC(=O)Nc2ccc(C)c(S(=O)(=O)N3CCCCCC3)c2)cc1OC. The molecule has 1 saturated heterocycles. The minimum atomic E-state index is -3.63. The van der Waals surface area contributed by atoms with Gasteiger partial charge in [-0.2, -0.15) is 4.31 Å². The van der Waals surface area contributed by atoms with Crippen LogP contribution in [0, 0.1) is 6.92 Å². The van der Waals surface area contributed by atoms with Crippen LogP contribution in [0.3, 0.4) is 0 Å². The molecular weight excluding hydrogens is 458 g/mol. The molecule has 0 aromatic heterocycles. The highest BCUT2D eigenvalue weighted by Crippen LogP contribution is 2.27. The molecule has 1 aliphatic rings. The van der Waals surface area contributed by atoms with Crippen molar-refractivity contribution in [1.82, 2.24) is 4.31 Å². The lowest BCUT2D eigenvalue weighted by Gasteiger charge is -2.21. The summed E-state index contributed by atoms with van der Waals surface area (Å²) >= 11 is 0. The summed E-state index contributed by atoms with van der Waals surface area (Å²) in [7, 11) is -0.541. The summed E-state index contributed by atoms with van der Waals surface area (Å²) in [6, 6.07) is 10.1. The molecule has 1 fully saturated rings. The fraction of sp³-hybridized carbons (Fsp3) is 0.417. The zero-order chi connectivity index (χ0) is 24.6. The van der Waals surface area contributed by atoms with E-state index in [1.807, 2.05) is 0 Å². The number of hydrogen-bond donors (Lipinski definition) is 1. The van der Waals surface area contributed by atoms with Crippen LogP contribution >= 0.6 is 0 Å². The van der Waals surface area contributed by atoms with Crippen molar-refractivity contribution >= 4 is 27.8 Å². The monoisotopic (exact) mass is 489 g/mol. The Morgan fingerprint density at radius 3 is 2.41 bits per heavy atom. The highest BCUT2D eigenvalue weighted by atomic mass is 32.2. The van der Waals surface area contributed by atoms with Gasteiger partial charge in [-0.05, 0) is 55.7 Å². The van der Waals surface area contributed by atoms with E-state index in [0.717, 1.165) is 25.7 Å². The summed E-state index contributed by atoms with van der Waals surface area (Å²) in [6.07, 6.45) is 5.24. The number of sulfonamides is 1. The molecule has 3 rings (SSSR count). The Hall–Kier alpha value is -3.11. The van der Waals surface area contributed by atoms with E-state index in [0.29, 0.717) is 41.4 Å². The van der Waals surface area contributed by atoms with Crippen molar-refractivity contribution in [1.29, 1.82) is 0 Å². The molecule has 34 heavy (non-hydrogen) atoms. The largest absolute Gasteiger partial charge is 0.493 e. The first-order valence-corrected chi connectivity index (χ1v) is 12.6. The number of rotatable bonds is 9. The molecule has 1 amide bonds. The van der Waals surface area contributed by atoms with Crippen molar-refractivity contribution in [2.24, 2.45) is 5.16 Å². The summed E-state index contributed by atoms with van der Waals surface area (Å²) in [4.78, 5) is 17.6. The summed E-state index contributed by atoms with van der Waals surface area (Å²) in [6.45, 7) is 2.46. The molecule has 9 nitrogen and oxygen atoms in total. The van der Waals surface area contributed by atoms with Gasteiger partial charge in [-0.1, -0.05) is 24.1 Å². The molecule has 1 heterocycles. The number of carbonyl (C=O) groups excluding carboxylic acids is 1. The van der Waals surface area contributed by atoms with Crippen molar-refractivity contribution in [3.63, 3.8) is 0 Å². The van der Waals surface area contributed by atoms with Crippen molar-refractivity contribution in [3.05, 3.63) is 47.5 Å². The van der Waals surface area contributed by atoms with Gasteiger partial charge < -0.3 is 19.6 Å². The molecule has 0 saturated carbocycles. The number of aryl methyl sites for hydroxylation is 1. The maximum atomic E-state index is 13.2. The van der Waals surface area contributed by atoms with Crippen LogP contribution in [0.5, 0.6) is 11.5 Å². The third-order valence-corrected chi connectivity index (χ3v) is 7.57. The molecule has 0 bridgehead atoms. The van der Waals surface area contributed by atoms with Gasteiger partial charge in [-0.3, -0.25) is 4.79 Å². The van der Waals surface area contributed by atoms with Crippen LogP contribution in [0.15, 0.2) is 46.4 Å². The molecule has 1 N–H and O–H groups in total. The predicted molar refractivity (Wildman–Crippen MR) is 130 cm³/mol. The van der Waals surface area contributed by atoms with Crippen LogP contribution in [0.2, 0.25) is 0 Å². The topological polar surface area (TPSA) is 107 Å². The average Bonchev–Trinajstić information content (AvgIpc) is 3.13. The van der Waals surface area contributed by atoms with E-state index in [1.54, 1.807) is 48.7 Å². The normalized spacial score (nSPS) is 15.0. The number of anilines is 1. The van der Waals surface area contributed by atoms with Crippen molar-refractivity contribution in [3.8, 4) is 11.5 Å². The van der Waals surface area contributed by atoms with Gasteiger partial charge in [0.25, 0.3) is 5.91 Å². The van der Waals surface area contributed by atoms with Gasteiger partial charge in [-0.25, -0.2) is 8.42 Å². The van der Waals surface area contributed by atoms with E-state index in [2.05, 4.69) is 10.5 Å². The van der Waals surface area contributed by atoms with Crippen LogP contribution < -0.4 is 14.8 Å². The average molecular weight is 490 g/mol. The number of amides is 1. The van der Waals surface area contributed by atoms with Gasteiger partial charge in [0.1, 0.15) is 0 Å². The van der Waals surface area contributed by atoms with E-state index in [9.17, 15) is 13.2 Å². The Morgan fingerprint density at radius 2 is 1.74 bits per heavy atom. The summed E-state index contributed by atoms with van der Waals surface area (Å²) in [5, 5.41) is 6.48. The minimum Gasteiger partial charge on any atom is -0.493 e. The summed E-state index contributed by atoms with van der Waals surface area (Å²) in [5.41, 5.74) is 1.73. The predicted octanol–water partition coefficient (Wildman–Crippen LogP) is 3.57. The first-order valence-electron chi connectivity index (χ1n) is 11.1. The maximum Gasteiger partial charge on any atom is 0.265 e. The fourth-order valence-electron chi connectivity index (χ4n) is 3.70. The lowest BCUT2D eigenvalue weighted by atomic mass is 10.2. The Morgan fingerprint density at radius 1 is 1.03 bits per heavy atom. The lowest BCUT2D eigenvalue weighted by Crippen LogP contribution is -2.32. The molecular formula is C24H31N3O6S. The molecule has 0 atom stereocenters. The van der Waals surface area contributed by atoms with Crippen LogP contribution in [0.1, 0.15) is 36.8 Å². The Balaban J connectivity index is 1.60. The minimum absolute atomic E-state index is 0.208. The van der Waals surface area contributed by atoms with Crippen molar-refractivity contribution in [2.45, 2.75) is 37.5 Å². The van der Waals surface area contributed by atoms with Crippen LogP contribution in [0.25, 0.3) is 0 Å². The Bertz CT molecular complexity index is 1130. The highest BCUT2D eigenvalue weighted by molar-refractivity contribution is 7.89. The van der Waals surface area contributed by atoms with E-state index in [4.69, 9.17) is 14.3 Å². The molecule has 0 radical (unpaired) electrons. The number of ether oxygens (including phenoxy) is 2. The molecule has 2 aromatic rings. The number of benzene rings is 2. The highest BCUT2D eigenvalue weighted by Gasteiger charge is 2.27. The standard InChI is InChI=1S/C24H31N3O6S/c1-18-8-10-20(15-23(18)34(29,30)27-12-6-4-5-7-13-27)26-24(28)17-33-25-16-19-9-11-21(31-2)22(14-19)32-3/h8-11,14-16H,4-7,12-13,17H2,1-3H3,(H,26,28)/b25-16+. The van der Waals surface area contributed by atoms with E-state index in [-0.39, 0.29) is 11.5 Å². The first kappa shape index (κ1) is 25.5. The second-order valence-corrected chi connectivity index (χ2v) is 9.88. The Kier molecular flexibility index (Phi) is 8.89. The van der Waals surface area contributed by atoms with Crippen molar-refractivity contribution < 1.29 is 27.5 Å². The molecule has 10 heteroatoms. The van der Waals surface area contributed by atoms with Gasteiger partial charge in [0.15, 0.2) is 18.1 Å². The number of methoxy groups -OCH3 is 2. The fourth-order valence-corrected chi connectivity index (χ4v) is 5.47. The second kappa shape index (κ2) is 11.8. The van der Waals surface area contributed by atoms with Gasteiger partial charge in [0.05, 0.1) is 25.3 Å². The molecule has 2 aromatic carbocycles. The number of nitrogens with one attached hydrogen (secondary N) is 1. The van der Waals surface area contributed by atoms with Gasteiger partial charge in [0.2, 0.25) is 10.0 Å². The quantitative estimate of drug-likeness (QED) is 0.426. The maximum absolute atomic E-state index is 13.2. The molecule has 1 aliphatic heterocycles. The first-order chi connectivity index (χ1) is 16.3. The lowest BCUT2D eigenvalue weighted by molar-refractivity contribution is -0.120. The molecule has 0 spiro atoms. The van der Waals surface area contributed by atoms with E-state index in [1.165, 1.54) is 19.4 Å². The van der Waals surface area contributed by atoms with Crippen LogP contribution in [-0.2, 0) is 19.7 Å². The molecule has 0 aliphatic carbocycles. The Labute approximate surface area is 200 Å². The molecule has 0 unspecified atom stereocenters. The van der Waals surface area contributed by atoms with E-state index < -0.39 is 15.9 Å². The smallest absolute Gasteiger partial charge is 0.265 e. The van der Waals surface area contributed by atoms with Crippen molar-refractivity contribution in [2.75, 3.05) is 39.2 Å². The van der Waals surface area contributed by atoms with Crippen LogP contribution in [-0.4, -0.2) is 58.8 Å². The summed E-state index contributed by atoms with van der Waals surface area (Å²) in [5.74, 6) is 0.691.